The molecule has 1 unspecified atom stereocenters. The first kappa shape index (κ1) is 11.7. The van der Waals surface area contributed by atoms with Gasteiger partial charge < -0.3 is 4.57 Å². The van der Waals surface area contributed by atoms with Crippen LogP contribution < -0.4 is 5.32 Å². The average molecular weight is 245 g/mol. The van der Waals surface area contributed by atoms with Crippen molar-refractivity contribution in [3.63, 3.8) is 0 Å². The highest BCUT2D eigenvalue weighted by Gasteiger charge is 2.34. The Balaban J connectivity index is 1.64. The van der Waals surface area contributed by atoms with E-state index >= 15 is 0 Å². The van der Waals surface area contributed by atoms with Crippen LogP contribution in [-0.4, -0.2) is 39.1 Å². The van der Waals surface area contributed by atoms with Crippen LogP contribution in [0.2, 0.25) is 0 Å². The molecule has 0 amide bonds. The van der Waals surface area contributed by atoms with Crippen LogP contribution in [0.3, 0.4) is 0 Å². The van der Waals surface area contributed by atoms with Crippen molar-refractivity contribution in [1.82, 2.24) is 19.8 Å². The minimum Gasteiger partial charge on any atom is -0.333 e. The maximum absolute atomic E-state index is 9.39. The predicted octanol–water partition coefficient (Wildman–Crippen LogP) is 0.733. The van der Waals surface area contributed by atoms with E-state index in [4.69, 9.17) is 0 Å². The van der Waals surface area contributed by atoms with Gasteiger partial charge in [-0.2, -0.15) is 5.26 Å². The van der Waals surface area contributed by atoms with Crippen molar-refractivity contribution in [1.29, 1.82) is 5.26 Å². The van der Waals surface area contributed by atoms with Crippen molar-refractivity contribution >= 4 is 0 Å². The van der Waals surface area contributed by atoms with E-state index in [9.17, 15) is 5.26 Å². The molecule has 0 saturated heterocycles. The van der Waals surface area contributed by atoms with Gasteiger partial charge in [-0.3, -0.25) is 10.2 Å². The third-order valence-electron chi connectivity index (χ3n) is 3.71. The third-order valence-corrected chi connectivity index (χ3v) is 3.71. The van der Waals surface area contributed by atoms with Crippen LogP contribution in [0, 0.1) is 11.3 Å². The molecule has 0 aromatic carbocycles. The van der Waals surface area contributed by atoms with E-state index in [-0.39, 0.29) is 0 Å². The molecule has 0 spiro atoms. The number of imidazole rings is 1. The molecule has 1 aromatic rings. The second kappa shape index (κ2) is 4.38. The Morgan fingerprint density at radius 1 is 1.56 bits per heavy atom. The predicted molar refractivity (Wildman–Crippen MR) is 67.7 cm³/mol. The second-order valence-electron chi connectivity index (χ2n) is 5.61. The summed E-state index contributed by atoms with van der Waals surface area (Å²) in [7, 11) is 0. The normalized spacial score (nSPS) is 23.1. The first-order chi connectivity index (χ1) is 8.68. The molecule has 1 N–H and O–H groups in total. The fraction of sp³-hybridized carbons (Fsp3) is 0.692. The first-order valence-electron chi connectivity index (χ1n) is 6.60. The molecular weight excluding hydrogens is 226 g/mol. The number of aromatic nitrogens is 2. The molecule has 2 heterocycles. The van der Waals surface area contributed by atoms with Gasteiger partial charge in [-0.05, 0) is 19.8 Å². The van der Waals surface area contributed by atoms with Gasteiger partial charge in [0.2, 0.25) is 0 Å². The SMILES string of the molecule is CC(C#N)(CN1CCn2ccnc2C1)NC1CC1. The summed E-state index contributed by atoms with van der Waals surface area (Å²) in [6.07, 6.45) is 6.30. The summed E-state index contributed by atoms with van der Waals surface area (Å²) in [6.45, 7) is 5.59. The zero-order valence-electron chi connectivity index (χ0n) is 10.8. The van der Waals surface area contributed by atoms with Gasteiger partial charge in [0.25, 0.3) is 0 Å². The number of nitrogens with one attached hydrogen (secondary N) is 1. The van der Waals surface area contributed by atoms with Crippen LogP contribution >= 0.6 is 0 Å². The molecule has 18 heavy (non-hydrogen) atoms. The molecule has 1 saturated carbocycles. The molecule has 5 heteroatoms. The fourth-order valence-corrected chi connectivity index (χ4v) is 2.60. The summed E-state index contributed by atoms with van der Waals surface area (Å²) >= 11 is 0. The van der Waals surface area contributed by atoms with Crippen LogP contribution in [0.5, 0.6) is 0 Å². The maximum Gasteiger partial charge on any atom is 0.122 e. The monoisotopic (exact) mass is 245 g/mol. The van der Waals surface area contributed by atoms with Crippen molar-refractivity contribution < 1.29 is 0 Å². The maximum atomic E-state index is 9.39. The van der Waals surface area contributed by atoms with E-state index in [2.05, 4.69) is 25.8 Å². The summed E-state index contributed by atoms with van der Waals surface area (Å²) in [5.74, 6) is 1.10. The lowest BCUT2D eigenvalue weighted by Gasteiger charge is -2.34. The zero-order chi connectivity index (χ0) is 12.6. The highest BCUT2D eigenvalue weighted by atomic mass is 15.3. The van der Waals surface area contributed by atoms with Crippen molar-refractivity contribution in [2.75, 3.05) is 13.1 Å². The Hall–Kier alpha value is -1.38. The molecule has 1 fully saturated rings. The molecule has 2 aliphatic rings. The molecule has 1 aliphatic heterocycles. The van der Waals surface area contributed by atoms with E-state index in [0.29, 0.717) is 6.04 Å². The lowest BCUT2D eigenvalue weighted by molar-refractivity contribution is 0.177. The van der Waals surface area contributed by atoms with Gasteiger partial charge >= 0.3 is 0 Å². The van der Waals surface area contributed by atoms with E-state index < -0.39 is 5.54 Å². The van der Waals surface area contributed by atoms with Crippen LogP contribution in [-0.2, 0) is 13.1 Å². The van der Waals surface area contributed by atoms with Crippen molar-refractivity contribution in [3.8, 4) is 6.07 Å². The van der Waals surface area contributed by atoms with Crippen LogP contribution in [0.4, 0.5) is 0 Å². The van der Waals surface area contributed by atoms with E-state index in [1.54, 1.807) is 0 Å². The number of hydrogen-bond acceptors (Lipinski definition) is 4. The van der Waals surface area contributed by atoms with E-state index in [1.165, 1.54) is 12.8 Å². The third kappa shape index (κ3) is 2.40. The minimum absolute atomic E-state index is 0.435. The smallest absolute Gasteiger partial charge is 0.122 e. The number of nitrogens with zero attached hydrogens (tertiary/aromatic N) is 4. The topological polar surface area (TPSA) is 56.9 Å². The van der Waals surface area contributed by atoms with Gasteiger partial charge in [0.15, 0.2) is 0 Å². The summed E-state index contributed by atoms with van der Waals surface area (Å²) in [6, 6.07) is 2.99. The number of hydrogen-bond donors (Lipinski definition) is 1. The Kier molecular flexibility index (Phi) is 2.84. The fourth-order valence-electron chi connectivity index (χ4n) is 2.60. The largest absolute Gasteiger partial charge is 0.333 e. The van der Waals surface area contributed by atoms with Gasteiger partial charge in [0, 0.05) is 38.1 Å². The highest BCUT2D eigenvalue weighted by Crippen LogP contribution is 2.23. The number of rotatable bonds is 4. The van der Waals surface area contributed by atoms with Crippen molar-refractivity contribution in [3.05, 3.63) is 18.2 Å². The Morgan fingerprint density at radius 3 is 3.11 bits per heavy atom. The zero-order valence-corrected chi connectivity index (χ0v) is 10.8. The van der Waals surface area contributed by atoms with Crippen molar-refractivity contribution in [2.45, 2.75) is 44.4 Å². The highest BCUT2D eigenvalue weighted by molar-refractivity contribution is 5.09. The standard InChI is InChI=1S/C13H19N5/c1-13(9-14,16-11-2-3-11)10-17-6-7-18-5-4-15-12(18)8-17/h4-5,11,16H,2-3,6-8,10H2,1H3. The molecule has 1 aliphatic carbocycles. The lowest BCUT2D eigenvalue weighted by Crippen LogP contribution is -2.52. The lowest BCUT2D eigenvalue weighted by atomic mass is 10.0. The van der Waals surface area contributed by atoms with Gasteiger partial charge in [-0.25, -0.2) is 4.98 Å². The summed E-state index contributed by atoms with van der Waals surface area (Å²) in [4.78, 5) is 6.67. The quantitative estimate of drug-likeness (QED) is 0.849. The molecule has 1 aromatic heterocycles. The summed E-state index contributed by atoms with van der Waals surface area (Å²) in [5, 5.41) is 12.8. The second-order valence-corrected chi connectivity index (χ2v) is 5.61. The average Bonchev–Trinajstić information content (AvgIpc) is 3.04. The molecule has 1 atom stereocenters. The van der Waals surface area contributed by atoms with Crippen LogP contribution in [0.25, 0.3) is 0 Å². The summed E-state index contributed by atoms with van der Waals surface area (Å²) < 4.78 is 2.19. The summed E-state index contributed by atoms with van der Waals surface area (Å²) in [5.41, 5.74) is -0.435. The number of nitriles is 1. The molecule has 3 rings (SSSR count). The molecule has 5 nitrogen and oxygen atoms in total. The first-order valence-corrected chi connectivity index (χ1v) is 6.60. The van der Waals surface area contributed by atoms with Gasteiger partial charge in [-0.15, -0.1) is 0 Å². The van der Waals surface area contributed by atoms with Gasteiger partial charge in [-0.1, -0.05) is 0 Å². The molecule has 96 valence electrons. The molecular formula is C13H19N5. The number of fused-ring (bicyclic) bond motifs is 1. The van der Waals surface area contributed by atoms with E-state index in [1.807, 2.05) is 19.3 Å². The van der Waals surface area contributed by atoms with Crippen LogP contribution in [0.15, 0.2) is 12.4 Å². The molecule has 0 bridgehead atoms. The van der Waals surface area contributed by atoms with Crippen LogP contribution in [0.1, 0.15) is 25.6 Å². The Bertz CT molecular complexity index is 470. The Morgan fingerprint density at radius 2 is 2.39 bits per heavy atom. The van der Waals surface area contributed by atoms with E-state index in [0.717, 1.165) is 32.0 Å². The van der Waals surface area contributed by atoms with Gasteiger partial charge in [0.05, 0.1) is 12.6 Å². The van der Waals surface area contributed by atoms with Crippen molar-refractivity contribution in [2.24, 2.45) is 0 Å². The Labute approximate surface area is 107 Å². The molecule has 0 radical (unpaired) electrons. The van der Waals surface area contributed by atoms with Gasteiger partial charge in [0.1, 0.15) is 11.4 Å². The minimum atomic E-state index is -0.435.